The largest absolute Gasteiger partial charge is 0.460 e. The van der Waals surface area contributed by atoms with Crippen LogP contribution in [0.5, 0.6) is 0 Å². The average molecular weight is 393 g/mol. The number of carbonyl (C=O) groups is 2. The van der Waals surface area contributed by atoms with E-state index in [1.807, 2.05) is 5.92 Å². The molecule has 12 heteroatoms. The zero-order chi connectivity index (χ0) is 20.7. The number of rotatable bonds is 4. The van der Waals surface area contributed by atoms with Crippen LogP contribution >= 0.6 is 0 Å². The van der Waals surface area contributed by atoms with Gasteiger partial charge < -0.3 is 25.1 Å². The van der Waals surface area contributed by atoms with Crippen LogP contribution in [0.3, 0.4) is 0 Å². The van der Waals surface area contributed by atoms with Gasteiger partial charge in [-0.25, -0.2) is 19.3 Å². The molecule has 3 rings (SSSR count). The molecule has 0 saturated carbocycles. The van der Waals surface area contributed by atoms with Crippen LogP contribution in [0.25, 0.3) is 11.2 Å². The summed E-state index contributed by atoms with van der Waals surface area (Å²) in [5.74, 6) is -2.66. The first-order chi connectivity index (χ1) is 13.1. The van der Waals surface area contributed by atoms with Gasteiger partial charge in [0.25, 0.3) is 5.85 Å². The molecule has 0 unspecified atom stereocenters. The van der Waals surface area contributed by atoms with E-state index < -0.39 is 42.3 Å². The number of nitrogen functional groups attached to an aromatic ring is 1. The number of ether oxygens (including phenoxy) is 3. The van der Waals surface area contributed by atoms with Gasteiger partial charge in [0.2, 0.25) is 11.7 Å². The zero-order valence-corrected chi connectivity index (χ0v) is 14.8. The molecule has 28 heavy (non-hydrogen) atoms. The topological polar surface area (TPSA) is 152 Å². The maximum Gasteiger partial charge on any atom is 0.303 e. The van der Waals surface area contributed by atoms with Crippen LogP contribution in [0.15, 0.2) is 12.7 Å². The van der Waals surface area contributed by atoms with Gasteiger partial charge in [0.1, 0.15) is 11.8 Å². The Hall–Kier alpha value is -3.30. The van der Waals surface area contributed by atoms with Crippen LogP contribution in [0, 0.1) is 12.3 Å². The maximum absolute atomic E-state index is 15.6. The Bertz CT molecular complexity index is 990. The molecule has 0 spiro atoms. The van der Waals surface area contributed by atoms with Crippen molar-refractivity contribution in [1.29, 1.82) is 0 Å². The van der Waals surface area contributed by atoms with E-state index in [9.17, 15) is 14.7 Å². The quantitative estimate of drug-likeness (QED) is 0.512. The highest BCUT2D eigenvalue weighted by atomic mass is 19.2. The second-order valence-corrected chi connectivity index (χ2v) is 6.08. The number of hydrogen-bond acceptors (Lipinski definition) is 10. The number of aliphatic hydroxyl groups is 1. The number of esters is 2. The van der Waals surface area contributed by atoms with Crippen molar-refractivity contribution < 1.29 is 33.3 Å². The number of nitrogens with two attached hydrogens (primary N) is 1. The van der Waals surface area contributed by atoms with Crippen molar-refractivity contribution in [2.45, 2.75) is 37.6 Å². The van der Waals surface area contributed by atoms with Gasteiger partial charge in [0, 0.05) is 13.8 Å². The molecule has 11 nitrogen and oxygen atoms in total. The minimum atomic E-state index is -2.95. The maximum atomic E-state index is 15.6. The summed E-state index contributed by atoms with van der Waals surface area (Å²) in [5, 5.41) is 11.0. The van der Waals surface area contributed by atoms with Gasteiger partial charge in [-0.1, -0.05) is 5.92 Å². The lowest BCUT2D eigenvalue weighted by Gasteiger charge is -2.29. The number of carbonyl (C=O) groups excluding carboxylic acids is 2. The summed E-state index contributed by atoms with van der Waals surface area (Å²) in [5.41, 5.74) is 3.48. The minimum Gasteiger partial charge on any atom is -0.460 e. The monoisotopic (exact) mass is 393 g/mol. The van der Waals surface area contributed by atoms with Gasteiger partial charge in [-0.2, -0.15) is 0 Å². The number of terminal acetylenes is 1. The van der Waals surface area contributed by atoms with Gasteiger partial charge in [0.15, 0.2) is 24.3 Å². The molecule has 0 bridgehead atoms. The fourth-order valence-corrected chi connectivity index (χ4v) is 2.91. The average Bonchev–Trinajstić information content (AvgIpc) is 3.14. The fraction of sp³-hybridized carbons (Fsp3) is 0.438. The molecule has 0 aromatic carbocycles. The lowest BCUT2D eigenvalue weighted by atomic mass is 9.93. The number of halogens is 1. The van der Waals surface area contributed by atoms with Crippen molar-refractivity contribution >= 4 is 28.9 Å². The summed E-state index contributed by atoms with van der Waals surface area (Å²) in [4.78, 5) is 34.4. The molecular formula is C16H16FN5O6. The second-order valence-electron chi connectivity index (χ2n) is 6.08. The number of hydrogen-bond donors (Lipinski definition) is 2. The Labute approximate surface area is 157 Å². The first-order valence-corrected chi connectivity index (χ1v) is 7.93. The van der Waals surface area contributed by atoms with Crippen LogP contribution in [-0.2, 0) is 23.8 Å². The van der Waals surface area contributed by atoms with E-state index in [0.717, 1.165) is 31.1 Å². The third kappa shape index (κ3) is 3.00. The smallest absolute Gasteiger partial charge is 0.303 e. The number of nitrogens with zero attached hydrogens (tertiary/aromatic N) is 4. The van der Waals surface area contributed by atoms with Crippen LogP contribution in [0.1, 0.15) is 20.1 Å². The lowest BCUT2D eigenvalue weighted by Crippen LogP contribution is -2.52. The second kappa shape index (κ2) is 6.70. The SMILES string of the molecule is C#C[C@]1(O)[C@H](n2cnc3c(N)ncnc32)O[C@](F)(COC(C)=O)[C@H]1OC(C)=O. The highest BCUT2D eigenvalue weighted by Crippen LogP contribution is 2.47. The molecule has 4 atom stereocenters. The van der Waals surface area contributed by atoms with Crippen molar-refractivity contribution in [3.63, 3.8) is 0 Å². The molecule has 3 heterocycles. The van der Waals surface area contributed by atoms with Crippen LogP contribution in [0.2, 0.25) is 0 Å². The highest BCUT2D eigenvalue weighted by molar-refractivity contribution is 5.81. The minimum absolute atomic E-state index is 0.0361. The summed E-state index contributed by atoms with van der Waals surface area (Å²) < 4.78 is 31.6. The zero-order valence-electron chi connectivity index (χ0n) is 14.8. The Morgan fingerprint density at radius 3 is 2.75 bits per heavy atom. The first kappa shape index (κ1) is 19.5. The van der Waals surface area contributed by atoms with Crippen molar-refractivity contribution in [2.24, 2.45) is 0 Å². The Balaban J connectivity index is 2.12. The molecular weight excluding hydrogens is 377 g/mol. The van der Waals surface area contributed by atoms with Gasteiger partial charge >= 0.3 is 11.9 Å². The van der Waals surface area contributed by atoms with Crippen molar-refractivity contribution in [2.75, 3.05) is 12.3 Å². The molecule has 148 valence electrons. The fourth-order valence-electron chi connectivity index (χ4n) is 2.91. The Kier molecular flexibility index (Phi) is 4.66. The third-order valence-corrected chi connectivity index (χ3v) is 4.10. The van der Waals surface area contributed by atoms with E-state index in [0.29, 0.717) is 0 Å². The molecule has 3 N–H and O–H groups in total. The van der Waals surface area contributed by atoms with E-state index in [4.69, 9.17) is 21.6 Å². The van der Waals surface area contributed by atoms with E-state index in [1.54, 1.807) is 0 Å². The molecule has 1 fully saturated rings. The first-order valence-electron chi connectivity index (χ1n) is 7.93. The summed E-state index contributed by atoms with van der Waals surface area (Å²) in [6.07, 6.45) is 4.08. The summed E-state index contributed by atoms with van der Waals surface area (Å²) >= 11 is 0. The lowest BCUT2D eigenvalue weighted by molar-refractivity contribution is -0.222. The summed E-state index contributed by atoms with van der Waals surface area (Å²) in [6.45, 7) is 1.06. The van der Waals surface area contributed by atoms with E-state index in [1.165, 1.54) is 0 Å². The van der Waals surface area contributed by atoms with Crippen LogP contribution in [-0.4, -0.2) is 60.7 Å². The normalized spacial score (nSPS) is 29.4. The summed E-state index contributed by atoms with van der Waals surface area (Å²) in [6, 6.07) is 0. The number of fused-ring (bicyclic) bond motifs is 1. The predicted molar refractivity (Wildman–Crippen MR) is 89.7 cm³/mol. The molecule has 1 aliphatic rings. The van der Waals surface area contributed by atoms with Crippen LogP contribution < -0.4 is 5.73 Å². The molecule has 1 aliphatic heterocycles. The number of alkyl halides is 1. The molecule has 2 aromatic heterocycles. The standard InChI is InChI=1S/C16H16FN5O6/c1-4-15(25)13(27-9(3)24)16(17,5-26-8(2)23)28-14(15)22-7-21-10-11(18)19-6-20-12(10)22/h1,6-7,13-14,25H,5H2,2-3H3,(H2,18,19,20)/t13-,14+,15+,16+/m0/s1. The van der Waals surface area contributed by atoms with E-state index in [2.05, 4.69) is 19.7 Å². The number of aromatic nitrogens is 4. The molecule has 0 radical (unpaired) electrons. The predicted octanol–water partition coefficient (Wildman–Crippen LogP) is -0.538. The third-order valence-electron chi connectivity index (χ3n) is 4.10. The number of imidazole rings is 1. The van der Waals surface area contributed by atoms with Crippen molar-refractivity contribution in [1.82, 2.24) is 19.5 Å². The van der Waals surface area contributed by atoms with Gasteiger partial charge in [0.05, 0.1) is 6.33 Å². The molecule has 0 amide bonds. The van der Waals surface area contributed by atoms with E-state index in [-0.39, 0.29) is 17.0 Å². The van der Waals surface area contributed by atoms with Crippen molar-refractivity contribution in [3.05, 3.63) is 12.7 Å². The van der Waals surface area contributed by atoms with Gasteiger partial charge in [-0.3, -0.25) is 14.2 Å². The number of anilines is 1. The van der Waals surface area contributed by atoms with Gasteiger partial charge in [-0.05, 0) is 0 Å². The van der Waals surface area contributed by atoms with Crippen molar-refractivity contribution in [3.8, 4) is 12.3 Å². The Morgan fingerprint density at radius 2 is 2.14 bits per heavy atom. The highest BCUT2D eigenvalue weighted by Gasteiger charge is 2.68. The van der Waals surface area contributed by atoms with Crippen LogP contribution in [0.4, 0.5) is 10.2 Å². The molecule has 1 saturated heterocycles. The van der Waals surface area contributed by atoms with Gasteiger partial charge in [-0.15, -0.1) is 6.42 Å². The van der Waals surface area contributed by atoms with E-state index >= 15 is 4.39 Å². The molecule has 0 aliphatic carbocycles. The Morgan fingerprint density at radius 1 is 1.43 bits per heavy atom. The molecule has 2 aromatic rings. The summed E-state index contributed by atoms with van der Waals surface area (Å²) in [7, 11) is 0.